The third kappa shape index (κ3) is 7.46. The second kappa shape index (κ2) is 12.8. The van der Waals surface area contributed by atoms with Gasteiger partial charge < -0.3 is 10.6 Å². The van der Waals surface area contributed by atoms with Crippen molar-refractivity contribution < 1.29 is 23.0 Å². The maximum Gasteiger partial charge on any atom is 0.243 e. The first-order valence-electron chi connectivity index (χ1n) is 12.3. The summed E-state index contributed by atoms with van der Waals surface area (Å²) in [5.74, 6) is -2.48. The highest BCUT2D eigenvalue weighted by atomic mass is 32.2. The highest BCUT2D eigenvalue weighted by molar-refractivity contribution is 7.86. The minimum atomic E-state index is -1.81. The lowest BCUT2D eigenvalue weighted by molar-refractivity contribution is -0.126. The maximum atomic E-state index is 13.5. The van der Waals surface area contributed by atoms with Gasteiger partial charge in [0, 0.05) is 28.2 Å². The standard InChI is InChI=1S/C27H34FN3O4S/c1-4-23(27(34)30-21-7-5-6-8-21)31(24-15-18(2)9-10-19(24)3)26(33)17-36(35)16-25(32)29-22-13-11-20(28)12-14-22/h9-15,21,23H,4-8,16-17H2,1-3H3,(H,29,32)(H,30,34)/t23-,36-/m1/s1. The van der Waals surface area contributed by atoms with Gasteiger partial charge in [-0.15, -0.1) is 0 Å². The van der Waals surface area contributed by atoms with Gasteiger partial charge in [0.15, 0.2) is 0 Å². The van der Waals surface area contributed by atoms with Crippen LogP contribution in [0.15, 0.2) is 42.5 Å². The molecule has 0 unspecified atom stereocenters. The van der Waals surface area contributed by atoms with Gasteiger partial charge in [-0.05, 0) is 74.6 Å². The van der Waals surface area contributed by atoms with Gasteiger partial charge in [-0.2, -0.15) is 0 Å². The van der Waals surface area contributed by atoms with Gasteiger partial charge in [-0.3, -0.25) is 23.5 Å². The van der Waals surface area contributed by atoms with E-state index in [9.17, 15) is 23.0 Å². The lowest BCUT2D eigenvalue weighted by Crippen LogP contribution is -2.53. The Morgan fingerprint density at radius 2 is 1.72 bits per heavy atom. The largest absolute Gasteiger partial charge is 0.352 e. The van der Waals surface area contributed by atoms with Crippen LogP contribution in [0.3, 0.4) is 0 Å². The predicted molar refractivity (Wildman–Crippen MR) is 141 cm³/mol. The van der Waals surface area contributed by atoms with Gasteiger partial charge in [0.05, 0.1) is 0 Å². The van der Waals surface area contributed by atoms with E-state index < -0.39 is 46.0 Å². The molecule has 0 radical (unpaired) electrons. The normalized spacial score (nSPS) is 15.2. The third-order valence-corrected chi connectivity index (χ3v) is 7.45. The molecule has 0 aliphatic heterocycles. The average molecular weight is 516 g/mol. The van der Waals surface area contributed by atoms with E-state index in [1.807, 2.05) is 39.0 Å². The fraction of sp³-hybridized carbons (Fsp3) is 0.444. The number of rotatable bonds is 10. The number of aryl methyl sites for hydroxylation is 2. The summed E-state index contributed by atoms with van der Waals surface area (Å²) in [4.78, 5) is 40.6. The molecule has 7 nitrogen and oxygen atoms in total. The van der Waals surface area contributed by atoms with E-state index in [-0.39, 0.29) is 11.9 Å². The van der Waals surface area contributed by atoms with E-state index in [1.165, 1.54) is 29.2 Å². The van der Waals surface area contributed by atoms with E-state index in [0.29, 0.717) is 17.8 Å². The van der Waals surface area contributed by atoms with E-state index in [0.717, 1.165) is 36.8 Å². The topological polar surface area (TPSA) is 95.6 Å². The van der Waals surface area contributed by atoms with Crippen LogP contribution in [-0.4, -0.2) is 45.5 Å². The first-order chi connectivity index (χ1) is 17.2. The van der Waals surface area contributed by atoms with Gasteiger partial charge in [-0.1, -0.05) is 31.9 Å². The number of halogens is 1. The van der Waals surface area contributed by atoms with Crippen LogP contribution in [0.25, 0.3) is 0 Å². The molecule has 1 aliphatic carbocycles. The monoisotopic (exact) mass is 515 g/mol. The van der Waals surface area contributed by atoms with Crippen LogP contribution in [0.1, 0.15) is 50.2 Å². The molecule has 3 amide bonds. The Balaban J connectivity index is 1.76. The number of nitrogens with zero attached hydrogens (tertiary/aromatic N) is 1. The molecule has 1 fully saturated rings. The summed E-state index contributed by atoms with van der Waals surface area (Å²) in [7, 11) is -1.81. The number of carbonyl (C=O) groups excluding carboxylic acids is 3. The molecule has 2 atom stereocenters. The number of anilines is 2. The first-order valence-corrected chi connectivity index (χ1v) is 13.8. The summed E-state index contributed by atoms with van der Waals surface area (Å²) in [6.45, 7) is 5.62. The SMILES string of the molecule is CC[C@H](C(=O)NC1CCCC1)N(C(=O)C[S@](=O)CC(=O)Nc1ccc(F)cc1)c1cc(C)ccc1C. The molecular formula is C27H34FN3O4S. The van der Waals surface area contributed by atoms with Crippen molar-refractivity contribution in [1.82, 2.24) is 5.32 Å². The molecule has 0 bridgehead atoms. The minimum absolute atomic E-state index is 0.103. The third-order valence-electron chi connectivity index (χ3n) is 6.30. The quantitative estimate of drug-likeness (QED) is 0.500. The molecule has 0 aromatic heterocycles. The van der Waals surface area contributed by atoms with E-state index in [4.69, 9.17) is 0 Å². The Morgan fingerprint density at radius 1 is 1.06 bits per heavy atom. The van der Waals surface area contributed by atoms with Crippen molar-refractivity contribution in [2.24, 2.45) is 0 Å². The zero-order chi connectivity index (χ0) is 26.2. The highest BCUT2D eigenvalue weighted by Gasteiger charge is 2.33. The number of hydrogen-bond acceptors (Lipinski definition) is 4. The van der Waals surface area contributed by atoms with Crippen molar-refractivity contribution >= 4 is 39.9 Å². The molecule has 2 aromatic carbocycles. The number of carbonyl (C=O) groups is 3. The molecule has 2 aromatic rings. The Hall–Kier alpha value is -3.07. The van der Waals surface area contributed by atoms with Crippen LogP contribution in [0, 0.1) is 19.7 Å². The smallest absolute Gasteiger partial charge is 0.243 e. The molecule has 2 N–H and O–H groups in total. The molecule has 36 heavy (non-hydrogen) atoms. The van der Waals surface area contributed by atoms with E-state index >= 15 is 0 Å². The fourth-order valence-corrected chi connectivity index (χ4v) is 5.32. The lowest BCUT2D eigenvalue weighted by atomic mass is 10.1. The molecular weight excluding hydrogens is 481 g/mol. The molecule has 1 saturated carbocycles. The van der Waals surface area contributed by atoms with E-state index in [1.54, 1.807) is 0 Å². The molecule has 9 heteroatoms. The first kappa shape index (κ1) is 27.5. The molecule has 0 saturated heterocycles. The van der Waals surface area contributed by atoms with Crippen molar-refractivity contribution in [3.8, 4) is 0 Å². The second-order valence-electron chi connectivity index (χ2n) is 9.25. The Bertz CT molecular complexity index is 1120. The number of nitrogens with one attached hydrogen (secondary N) is 2. The van der Waals surface area contributed by atoms with Crippen molar-refractivity contribution in [1.29, 1.82) is 0 Å². The minimum Gasteiger partial charge on any atom is -0.352 e. The number of amides is 3. The van der Waals surface area contributed by atoms with Gasteiger partial charge in [0.25, 0.3) is 0 Å². The van der Waals surface area contributed by atoms with Crippen LogP contribution < -0.4 is 15.5 Å². The molecule has 3 rings (SSSR count). The summed E-state index contributed by atoms with van der Waals surface area (Å²) in [5, 5.41) is 5.64. The zero-order valence-corrected chi connectivity index (χ0v) is 21.8. The molecule has 1 aliphatic rings. The average Bonchev–Trinajstić information content (AvgIpc) is 3.33. The summed E-state index contributed by atoms with van der Waals surface area (Å²) in [5.41, 5.74) is 2.72. The summed E-state index contributed by atoms with van der Waals surface area (Å²) < 4.78 is 25.9. The zero-order valence-electron chi connectivity index (χ0n) is 21.0. The Morgan fingerprint density at radius 3 is 2.36 bits per heavy atom. The maximum absolute atomic E-state index is 13.5. The molecule has 0 heterocycles. The van der Waals surface area contributed by atoms with Gasteiger partial charge in [-0.25, -0.2) is 4.39 Å². The Kier molecular flexibility index (Phi) is 9.75. The summed E-state index contributed by atoms with van der Waals surface area (Å²) in [6, 6.07) is 10.2. The van der Waals surface area contributed by atoms with Crippen molar-refractivity contribution in [3.05, 3.63) is 59.4 Å². The van der Waals surface area contributed by atoms with Crippen LogP contribution in [0.4, 0.5) is 15.8 Å². The fourth-order valence-electron chi connectivity index (χ4n) is 4.44. The summed E-state index contributed by atoms with van der Waals surface area (Å²) >= 11 is 0. The summed E-state index contributed by atoms with van der Waals surface area (Å²) in [6.07, 6.45) is 4.37. The van der Waals surface area contributed by atoms with Crippen LogP contribution >= 0.6 is 0 Å². The van der Waals surface area contributed by atoms with E-state index in [2.05, 4.69) is 10.6 Å². The van der Waals surface area contributed by atoms with Crippen molar-refractivity contribution in [2.45, 2.75) is 65.0 Å². The Labute approximate surface area is 214 Å². The molecule has 0 spiro atoms. The predicted octanol–water partition coefficient (Wildman–Crippen LogP) is 4.00. The molecule has 194 valence electrons. The van der Waals surface area contributed by atoms with Crippen LogP contribution in [-0.2, 0) is 25.2 Å². The second-order valence-corrected chi connectivity index (χ2v) is 10.7. The van der Waals surface area contributed by atoms with Crippen LogP contribution in [0.5, 0.6) is 0 Å². The van der Waals surface area contributed by atoms with Crippen LogP contribution in [0.2, 0.25) is 0 Å². The highest BCUT2D eigenvalue weighted by Crippen LogP contribution is 2.26. The lowest BCUT2D eigenvalue weighted by Gasteiger charge is -2.32. The van der Waals surface area contributed by atoms with Crippen molar-refractivity contribution in [3.63, 3.8) is 0 Å². The van der Waals surface area contributed by atoms with Gasteiger partial charge >= 0.3 is 0 Å². The van der Waals surface area contributed by atoms with Gasteiger partial charge in [0.1, 0.15) is 23.4 Å². The van der Waals surface area contributed by atoms with Gasteiger partial charge in [0.2, 0.25) is 17.7 Å². The number of benzene rings is 2. The van der Waals surface area contributed by atoms with Crippen molar-refractivity contribution in [2.75, 3.05) is 21.7 Å². The number of hydrogen-bond donors (Lipinski definition) is 2.